The van der Waals surface area contributed by atoms with E-state index in [1.165, 1.54) is 24.3 Å². The van der Waals surface area contributed by atoms with Gasteiger partial charge in [-0.2, -0.15) is 18.2 Å². The third-order valence-corrected chi connectivity index (χ3v) is 4.03. The van der Waals surface area contributed by atoms with Gasteiger partial charge in [0.05, 0.1) is 0 Å². The van der Waals surface area contributed by atoms with E-state index in [2.05, 4.69) is 20.6 Å². The van der Waals surface area contributed by atoms with Crippen LogP contribution in [0.15, 0.2) is 54.7 Å². The molecule has 0 aliphatic rings. The smallest absolute Gasteiger partial charge is 0.339 e. The lowest BCUT2D eigenvalue weighted by Crippen LogP contribution is -2.13. The molecule has 146 valence electrons. The highest BCUT2D eigenvalue weighted by Crippen LogP contribution is 2.36. The van der Waals surface area contributed by atoms with Crippen LogP contribution < -0.4 is 10.6 Å². The first-order valence-corrected chi connectivity index (χ1v) is 8.57. The molecule has 3 rings (SSSR count). The minimum Gasteiger partial charge on any atom is -0.339 e. The maximum Gasteiger partial charge on any atom is 0.421 e. The molecule has 0 radical (unpaired) electrons. The summed E-state index contributed by atoms with van der Waals surface area (Å²) in [4.78, 5) is 7.75. The number of halogens is 4. The lowest BCUT2D eigenvalue weighted by atomic mass is 10.0. The van der Waals surface area contributed by atoms with Crippen molar-refractivity contribution in [2.24, 2.45) is 0 Å². The van der Waals surface area contributed by atoms with Gasteiger partial charge in [-0.25, -0.2) is 9.37 Å². The number of benzene rings is 2. The Hall–Kier alpha value is -3.16. The first-order valence-electron chi connectivity index (χ1n) is 8.57. The molecule has 0 aliphatic heterocycles. The number of para-hydroxylation sites is 1. The molecule has 1 heterocycles. The van der Waals surface area contributed by atoms with E-state index in [9.17, 15) is 17.6 Å². The summed E-state index contributed by atoms with van der Waals surface area (Å²) in [6, 6.07) is 12.4. The van der Waals surface area contributed by atoms with Crippen molar-refractivity contribution in [3.8, 4) is 0 Å². The van der Waals surface area contributed by atoms with E-state index in [0.29, 0.717) is 11.4 Å². The summed E-state index contributed by atoms with van der Waals surface area (Å²) in [6.07, 6.45) is -3.90. The van der Waals surface area contributed by atoms with Gasteiger partial charge in [-0.1, -0.05) is 32.0 Å². The van der Waals surface area contributed by atoms with Gasteiger partial charge in [0.25, 0.3) is 0 Å². The summed E-state index contributed by atoms with van der Waals surface area (Å²) in [5.41, 5.74) is 0.877. The summed E-state index contributed by atoms with van der Waals surface area (Å²) in [6.45, 7) is 3.90. The predicted molar refractivity (Wildman–Crippen MR) is 101 cm³/mol. The minimum absolute atomic E-state index is 0.0378. The van der Waals surface area contributed by atoms with E-state index in [-0.39, 0.29) is 17.7 Å². The van der Waals surface area contributed by atoms with Crippen LogP contribution >= 0.6 is 0 Å². The zero-order valence-corrected chi connectivity index (χ0v) is 15.2. The van der Waals surface area contributed by atoms with E-state index in [0.717, 1.165) is 11.8 Å². The Morgan fingerprint density at radius 3 is 2.25 bits per heavy atom. The van der Waals surface area contributed by atoms with Gasteiger partial charge >= 0.3 is 6.18 Å². The largest absolute Gasteiger partial charge is 0.421 e. The Morgan fingerprint density at radius 2 is 1.61 bits per heavy atom. The topological polar surface area (TPSA) is 49.8 Å². The number of hydrogen-bond acceptors (Lipinski definition) is 4. The van der Waals surface area contributed by atoms with Crippen molar-refractivity contribution < 1.29 is 17.6 Å². The van der Waals surface area contributed by atoms with Crippen LogP contribution in [0.25, 0.3) is 0 Å². The summed E-state index contributed by atoms with van der Waals surface area (Å²) in [5.74, 6) is -0.715. The van der Waals surface area contributed by atoms with Crippen molar-refractivity contribution in [1.29, 1.82) is 0 Å². The highest BCUT2D eigenvalue weighted by Gasteiger charge is 2.35. The molecule has 0 aliphatic carbocycles. The molecule has 1 aromatic heterocycles. The molecule has 2 N–H and O–H groups in total. The van der Waals surface area contributed by atoms with E-state index in [1.807, 2.05) is 26.0 Å². The van der Waals surface area contributed by atoms with Crippen LogP contribution in [0.4, 0.5) is 40.7 Å². The summed E-state index contributed by atoms with van der Waals surface area (Å²) in [7, 11) is 0. The minimum atomic E-state index is -4.62. The average Bonchev–Trinajstić information content (AvgIpc) is 2.63. The first-order chi connectivity index (χ1) is 13.2. The molecule has 0 amide bonds. The Balaban J connectivity index is 1.98. The first kappa shape index (κ1) is 19.6. The second-order valence-electron chi connectivity index (χ2n) is 6.45. The maximum atomic E-state index is 13.4. The molecule has 0 saturated heterocycles. The molecular formula is C20H18F4N4. The van der Waals surface area contributed by atoms with E-state index in [1.54, 1.807) is 12.1 Å². The van der Waals surface area contributed by atoms with E-state index in [4.69, 9.17) is 0 Å². The fourth-order valence-corrected chi connectivity index (χ4v) is 2.65. The van der Waals surface area contributed by atoms with Crippen LogP contribution in [0.2, 0.25) is 0 Å². The molecule has 28 heavy (non-hydrogen) atoms. The molecule has 8 heteroatoms. The Labute approximate surface area is 159 Å². The summed E-state index contributed by atoms with van der Waals surface area (Å²) >= 11 is 0. The lowest BCUT2D eigenvalue weighted by Gasteiger charge is -2.18. The standard InChI is InChI=1S/C20H18F4N4/c1-12(2)15-5-3-4-6-17(15)27-18-16(20(22,23)24)11-25-19(28-18)26-14-9-7-13(21)8-10-14/h3-12H,1-2H3,(H2,25,26,27,28). The second-order valence-corrected chi connectivity index (χ2v) is 6.45. The van der Waals surface area contributed by atoms with Gasteiger partial charge in [-0.15, -0.1) is 0 Å². The van der Waals surface area contributed by atoms with Gasteiger partial charge in [-0.3, -0.25) is 0 Å². The van der Waals surface area contributed by atoms with Crippen molar-refractivity contribution in [1.82, 2.24) is 9.97 Å². The number of nitrogens with one attached hydrogen (secondary N) is 2. The Kier molecular flexibility index (Phi) is 5.48. The monoisotopic (exact) mass is 390 g/mol. The normalized spacial score (nSPS) is 11.5. The number of alkyl halides is 3. The molecule has 2 aromatic carbocycles. The number of aromatic nitrogens is 2. The molecule has 0 saturated carbocycles. The fraction of sp³-hybridized carbons (Fsp3) is 0.200. The van der Waals surface area contributed by atoms with E-state index < -0.39 is 17.6 Å². The van der Waals surface area contributed by atoms with Crippen molar-refractivity contribution in [3.63, 3.8) is 0 Å². The highest BCUT2D eigenvalue weighted by molar-refractivity contribution is 5.65. The van der Waals surface area contributed by atoms with Crippen LogP contribution in [0.1, 0.15) is 30.9 Å². The zero-order chi connectivity index (χ0) is 20.3. The van der Waals surface area contributed by atoms with Crippen molar-refractivity contribution in [2.45, 2.75) is 25.9 Å². The SMILES string of the molecule is CC(C)c1ccccc1Nc1nc(Nc2ccc(F)cc2)ncc1C(F)(F)F. The predicted octanol–water partition coefficient (Wildman–Crippen LogP) is 6.25. The fourth-order valence-electron chi connectivity index (χ4n) is 2.65. The van der Waals surface area contributed by atoms with Crippen molar-refractivity contribution in [3.05, 3.63) is 71.7 Å². The molecule has 0 unspecified atom stereocenters. The summed E-state index contributed by atoms with van der Waals surface area (Å²) in [5, 5.41) is 5.57. The Morgan fingerprint density at radius 1 is 0.929 bits per heavy atom. The molecule has 0 fully saturated rings. The number of rotatable bonds is 5. The third kappa shape index (κ3) is 4.57. The molecule has 3 aromatic rings. The molecule has 4 nitrogen and oxygen atoms in total. The quantitative estimate of drug-likeness (QED) is 0.506. The van der Waals surface area contributed by atoms with E-state index >= 15 is 0 Å². The Bertz CT molecular complexity index is 953. The van der Waals surface area contributed by atoms with Gasteiger partial charge in [0, 0.05) is 17.6 Å². The van der Waals surface area contributed by atoms with Crippen LogP contribution in [-0.4, -0.2) is 9.97 Å². The molecule has 0 atom stereocenters. The number of nitrogens with zero attached hydrogens (tertiary/aromatic N) is 2. The average molecular weight is 390 g/mol. The van der Waals surface area contributed by atoms with Crippen LogP contribution in [0.3, 0.4) is 0 Å². The van der Waals surface area contributed by atoms with Gasteiger partial charge in [0.2, 0.25) is 5.95 Å². The van der Waals surface area contributed by atoms with Crippen LogP contribution in [-0.2, 0) is 6.18 Å². The summed E-state index contributed by atoms with van der Waals surface area (Å²) < 4.78 is 53.3. The van der Waals surface area contributed by atoms with Crippen molar-refractivity contribution in [2.75, 3.05) is 10.6 Å². The third-order valence-electron chi connectivity index (χ3n) is 4.03. The van der Waals surface area contributed by atoms with Crippen LogP contribution in [0.5, 0.6) is 0 Å². The molecule has 0 bridgehead atoms. The van der Waals surface area contributed by atoms with Crippen molar-refractivity contribution >= 4 is 23.1 Å². The van der Waals surface area contributed by atoms with Gasteiger partial charge < -0.3 is 10.6 Å². The lowest BCUT2D eigenvalue weighted by molar-refractivity contribution is -0.137. The number of anilines is 4. The number of hydrogen-bond donors (Lipinski definition) is 2. The molecular weight excluding hydrogens is 372 g/mol. The highest BCUT2D eigenvalue weighted by atomic mass is 19.4. The van der Waals surface area contributed by atoms with Gasteiger partial charge in [0.1, 0.15) is 17.2 Å². The zero-order valence-electron chi connectivity index (χ0n) is 15.2. The molecule has 0 spiro atoms. The van der Waals surface area contributed by atoms with Gasteiger partial charge in [-0.05, 0) is 41.8 Å². The van der Waals surface area contributed by atoms with Crippen LogP contribution in [0, 0.1) is 5.82 Å². The van der Waals surface area contributed by atoms with Gasteiger partial charge in [0.15, 0.2) is 0 Å². The maximum absolute atomic E-state index is 13.4. The second kappa shape index (κ2) is 7.84.